The van der Waals surface area contributed by atoms with Gasteiger partial charge in [-0.2, -0.15) is 0 Å². The van der Waals surface area contributed by atoms with Crippen LogP contribution in [0.25, 0.3) is 10.4 Å². The molecule has 4 rings (SSSR count). The highest BCUT2D eigenvalue weighted by atomic mass is 79.9. The molecule has 0 saturated heterocycles. The van der Waals surface area contributed by atoms with Crippen molar-refractivity contribution in [3.63, 3.8) is 0 Å². The van der Waals surface area contributed by atoms with Gasteiger partial charge in [0, 0.05) is 34.7 Å². The van der Waals surface area contributed by atoms with Gasteiger partial charge < -0.3 is 4.90 Å². The summed E-state index contributed by atoms with van der Waals surface area (Å²) in [6, 6.07) is 11.9. The van der Waals surface area contributed by atoms with Crippen molar-refractivity contribution in [2.24, 2.45) is 0 Å². The van der Waals surface area contributed by atoms with Crippen LogP contribution in [0.1, 0.15) is 15.9 Å². The number of hydrogen-bond donors (Lipinski definition) is 0. The van der Waals surface area contributed by atoms with Crippen molar-refractivity contribution in [1.82, 2.24) is 0 Å². The number of nitrogens with zero attached hydrogens (tertiary/aromatic N) is 2. The lowest BCUT2D eigenvalue weighted by molar-refractivity contribution is -0.384. The summed E-state index contributed by atoms with van der Waals surface area (Å²) in [6.45, 7) is 0.391. The van der Waals surface area contributed by atoms with Crippen molar-refractivity contribution < 1.29 is 14.1 Å². The third-order valence-electron chi connectivity index (χ3n) is 4.45. The molecule has 3 aromatic rings. The van der Waals surface area contributed by atoms with Crippen LogP contribution in [-0.2, 0) is 6.42 Å². The van der Waals surface area contributed by atoms with E-state index in [0.717, 1.165) is 19.8 Å². The fourth-order valence-electron chi connectivity index (χ4n) is 3.17. The molecular formula is C19H12BrFN2O3S. The highest BCUT2D eigenvalue weighted by Crippen LogP contribution is 2.43. The molecule has 8 heteroatoms. The number of anilines is 1. The Morgan fingerprint density at radius 1 is 1.19 bits per heavy atom. The molecule has 2 aromatic carbocycles. The first-order valence-corrected chi connectivity index (χ1v) is 9.69. The van der Waals surface area contributed by atoms with Crippen LogP contribution in [0.3, 0.4) is 0 Å². The summed E-state index contributed by atoms with van der Waals surface area (Å²) < 4.78 is 15.0. The van der Waals surface area contributed by atoms with Crippen LogP contribution in [0.4, 0.5) is 15.8 Å². The van der Waals surface area contributed by atoms with E-state index < -0.39 is 10.7 Å². The van der Waals surface area contributed by atoms with E-state index in [1.807, 2.05) is 6.07 Å². The van der Waals surface area contributed by atoms with Gasteiger partial charge in [0.2, 0.25) is 0 Å². The largest absolute Gasteiger partial charge is 0.307 e. The molecule has 27 heavy (non-hydrogen) atoms. The van der Waals surface area contributed by atoms with E-state index in [4.69, 9.17) is 0 Å². The average Bonchev–Trinajstić information content (AvgIpc) is 2.95. The number of thiophene rings is 1. The van der Waals surface area contributed by atoms with Gasteiger partial charge in [-0.05, 0) is 64.3 Å². The smallest absolute Gasteiger partial charge is 0.269 e. The fourth-order valence-corrected chi connectivity index (χ4v) is 4.91. The second-order valence-electron chi connectivity index (χ2n) is 6.08. The Morgan fingerprint density at radius 2 is 1.93 bits per heavy atom. The van der Waals surface area contributed by atoms with Gasteiger partial charge in [-0.1, -0.05) is 0 Å². The van der Waals surface area contributed by atoms with Crippen LogP contribution >= 0.6 is 27.3 Å². The zero-order chi connectivity index (χ0) is 19.1. The maximum Gasteiger partial charge on any atom is 0.269 e. The Balaban J connectivity index is 1.78. The minimum Gasteiger partial charge on any atom is -0.307 e. The monoisotopic (exact) mass is 446 g/mol. The van der Waals surface area contributed by atoms with E-state index in [2.05, 4.69) is 15.9 Å². The summed E-state index contributed by atoms with van der Waals surface area (Å²) in [6.07, 6.45) is 0.631. The molecule has 0 radical (unpaired) electrons. The number of carbonyl (C=O) groups excluding carboxylic acids is 1. The number of hydrogen-bond acceptors (Lipinski definition) is 4. The first kappa shape index (κ1) is 17.8. The minimum absolute atomic E-state index is 0.0825. The Hall–Kier alpha value is -2.58. The summed E-state index contributed by atoms with van der Waals surface area (Å²) in [5.74, 6) is -0.736. The standard InChI is InChI=1S/C19H12BrFN2O3S/c20-17-9-12-7-8-22(16-10-13(21)3-6-15(16)18(12)27-17)19(24)11-1-4-14(5-2-11)23(25)26/h1-6,9-10H,7-8H2. The van der Waals surface area contributed by atoms with E-state index in [-0.39, 0.29) is 11.6 Å². The number of nitro benzene ring substituents is 1. The maximum absolute atomic E-state index is 14.0. The predicted octanol–water partition coefficient (Wildman–Crippen LogP) is 5.43. The number of benzene rings is 2. The number of non-ortho nitro benzene ring substituents is 1. The van der Waals surface area contributed by atoms with Crippen molar-refractivity contribution >= 4 is 44.5 Å². The van der Waals surface area contributed by atoms with Gasteiger partial charge in [-0.15, -0.1) is 11.3 Å². The van der Waals surface area contributed by atoms with Crippen molar-refractivity contribution in [3.05, 3.63) is 79.4 Å². The number of amides is 1. The Bertz CT molecular complexity index is 1070. The second-order valence-corrected chi connectivity index (χ2v) is 8.51. The predicted molar refractivity (Wildman–Crippen MR) is 106 cm³/mol. The zero-order valence-corrected chi connectivity index (χ0v) is 16.2. The third kappa shape index (κ3) is 3.26. The van der Waals surface area contributed by atoms with Crippen molar-refractivity contribution in [2.45, 2.75) is 6.42 Å². The molecule has 1 aliphatic rings. The van der Waals surface area contributed by atoms with Gasteiger partial charge in [0.05, 0.1) is 14.4 Å². The van der Waals surface area contributed by atoms with E-state index in [0.29, 0.717) is 24.2 Å². The Labute approximate surface area is 166 Å². The van der Waals surface area contributed by atoms with E-state index in [1.165, 1.54) is 36.4 Å². The van der Waals surface area contributed by atoms with E-state index in [9.17, 15) is 19.3 Å². The normalized spacial score (nSPS) is 12.9. The van der Waals surface area contributed by atoms with Crippen molar-refractivity contribution in [2.75, 3.05) is 11.4 Å². The number of rotatable bonds is 2. The van der Waals surface area contributed by atoms with E-state index in [1.54, 1.807) is 22.3 Å². The maximum atomic E-state index is 14.0. The molecular weight excluding hydrogens is 435 g/mol. The lowest BCUT2D eigenvalue weighted by atomic mass is 10.1. The van der Waals surface area contributed by atoms with Gasteiger partial charge in [0.15, 0.2) is 0 Å². The third-order valence-corrected chi connectivity index (χ3v) is 6.16. The number of halogens is 2. The molecule has 2 heterocycles. The van der Waals surface area contributed by atoms with Gasteiger partial charge in [-0.3, -0.25) is 14.9 Å². The molecule has 0 aliphatic carbocycles. The molecule has 0 saturated carbocycles. The van der Waals surface area contributed by atoms with E-state index >= 15 is 0 Å². The van der Waals surface area contributed by atoms with Crippen LogP contribution in [0.15, 0.2) is 52.3 Å². The van der Waals surface area contributed by atoms with Crippen LogP contribution < -0.4 is 4.90 Å². The first-order valence-electron chi connectivity index (χ1n) is 8.08. The second kappa shape index (κ2) is 6.86. The molecule has 5 nitrogen and oxygen atoms in total. The first-order chi connectivity index (χ1) is 12.9. The average molecular weight is 447 g/mol. The van der Waals surface area contributed by atoms with Gasteiger partial charge in [0.25, 0.3) is 11.6 Å². The molecule has 0 bridgehead atoms. The zero-order valence-electron chi connectivity index (χ0n) is 13.8. The molecule has 1 aliphatic heterocycles. The quantitative estimate of drug-likeness (QED) is 0.389. The van der Waals surface area contributed by atoms with Crippen molar-refractivity contribution in [3.8, 4) is 10.4 Å². The summed E-state index contributed by atoms with van der Waals surface area (Å²) in [5, 5.41) is 10.8. The minimum atomic E-state index is -0.513. The lowest BCUT2D eigenvalue weighted by Gasteiger charge is -2.23. The molecule has 0 fully saturated rings. The summed E-state index contributed by atoms with van der Waals surface area (Å²) >= 11 is 5.04. The SMILES string of the molecule is O=C(c1ccc([N+](=O)[O-])cc1)N1CCc2cc(Br)sc2-c2ccc(F)cc21. The Kier molecular flexibility index (Phi) is 4.53. The topological polar surface area (TPSA) is 63.4 Å². The molecule has 0 spiro atoms. The van der Waals surface area contributed by atoms with Crippen molar-refractivity contribution in [1.29, 1.82) is 0 Å². The number of carbonyl (C=O) groups is 1. The lowest BCUT2D eigenvalue weighted by Crippen LogP contribution is -2.32. The van der Waals surface area contributed by atoms with Gasteiger partial charge in [0.1, 0.15) is 5.82 Å². The summed E-state index contributed by atoms with van der Waals surface area (Å²) in [5.41, 5.74) is 2.64. The molecule has 1 amide bonds. The van der Waals surface area contributed by atoms with Crippen LogP contribution in [0.5, 0.6) is 0 Å². The molecule has 0 unspecified atom stereocenters. The number of fused-ring (bicyclic) bond motifs is 3. The molecule has 0 atom stereocenters. The highest BCUT2D eigenvalue weighted by molar-refractivity contribution is 9.11. The molecule has 136 valence electrons. The highest BCUT2D eigenvalue weighted by Gasteiger charge is 2.27. The Morgan fingerprint density at radius 3 is 2.63 bits per heavy atom. The van der Waals surface area contributed by atoms with Gasteiger partial charge >= 0.3 is 0 Å². The molecule has 1 aromatic heterocycles. The van der Waals surface area contributed by atoms with Crippen LogP contribution in [0, 0.1) is 15.9 Å². The molecule has 0 N–H and O–H groups in total. The van der Waals surface area contributed by atoms with Crippen LogP contribution in [0.2, 0.25) is 0 Å². The fraction of sp³-hybridized carbons (Fsp3) is 0.105. The summed E-state index contributed by atoms with van der Waals surface area (Å²) in [4.78, 5) is 25.9. The number of nitro groups is 1. The van der Waals surface area contributed by atoms with Gasteiger partial charge in [-0.25, -0.2) is 4.39 Å². The summed E-state index contributed by atoms with van der Waals surface area (Å²) in [7, 11) is 0. The van der Waals surface area contributed by atoms with Crippen LogP contribution in [-0.4, -0.2) is 17.4 Å².